The number of carbonyl (C=O) groups excluding carboxylic acids is 1. The van der Waals surface area contributed by atoms with Gasteiger partial charge in [0.05, 0.1) is 30.1 Å². The lowest BCUT2D eigenvalue weighted by Crippen LogP contribution is -2.15. The number of hydrogen-bond acceptors (Lipinski definition) is 9. The van der Waals surface area contributed by atoms with Crippen molar-refractivity contribution in [2.45, 2.75) is 20.5 Å². The summed E-state index contributed by atoms with van der Waals surface area (Å²) in [5.74, 6) is 0.785. The number of esters is 1. The quantitative estimate of drug-likeness (QED) is 0.212. The topological polar surface area (TPSA) is 115 Å². The van der Waals surface area contributed by atoms with Crippen LogP contribution in [0.3, 0.4) is 0 Å². The molecule has 31 heavy (non-hydrogen) atoms. The van der Waals surface area contributed by atoms with Gasteiger partial charge >= 0.3 is 5.97 Å². The third-order valence-electron chi connectivity index (χ3n) is 3.92. The fourth-order valence-corrected chi connectivity index (χ4v) is 3.45. The standard InChI is InChI=1S/C21H23IN4O5/c1-5-30-19(27)12-31-20-17(22)7-14(8-18(20)29-4)10-24-26-21-16(9-23)15(11-28-3)6-13(2)25-21/h6-8,10H,5,11-12H2,1-4H3,(H,25,26)/b24-10-. The third-order valence-corrected chi connectivity index (χ3v) is 4.72. The first-order valence-corrected chi connectivity index (χ1v) is 10.4. The lowest BCUT2D eigenvalue weighted by molar-refractivity contribution is -0.145. The Bertz CT molecular complexity index is 1000. The molecule has 1 aromatic heterocycles. The highest BCUT2D eigenvalue weighted by molar-refractivity contribution is 14.1. The zero-order valence-electron chi connectivity index (χ0n) is 17.7. The van der Waals surface area contributed by atoms with E-state index < -0.39 is 5.97 Å². The van der Waals surface area contributed by atoms with E-state index in [1.54, 1.807) is 32.4 Å². The first kappa shape index (κ1) is 24.4. The van der Waals surface area contributed by atoms with Crippen LogP contribution in [0.25, 0.3) is 0 Å². The number of methoxy groups -OCH3 is 2. The van der Waals surface area contributed by atoms with E-state index >= 15 is 0 Å². The summed E-state index contributed by atoms with van der Waals surface area (Å²) in [4.78, 5) is 15.9. The van der Waals surface area contributed by atoms with Crippen molar-refractivity contribution in [2.75, 3.05) is 32.9 Å². The summed E-state index contributed by atoms with van der Waals surface area (Å²) in [7, 11) is 3.08. The third kappa shape index (κ3) is 6.80. The maximum absolute atomic E-state index is 11.6. The fourth-order valence-electron chi connectivity index (χ4n) is 2.67. The van der Waals surface area contributed by atoms with Crippen molar-refractivity contribution in [2.24, 2.45) is 5.10 Å². The SMILES string of the molecule is CCOC(=O)COc1c(I)cc(/C=N\Nc2nc(C)cc(COC)c2C#N)cc1OC. The molecule has 0 saturated carbocycles. The van der Waals surface area contributed by atoms with Crippen LogP contribution in [0.15, 0.2) is 23.3 Å². The summed E-state index contributed by atoms with van der Waals surface area (Å²) in [5.41, 5.74) is 5.39. The number of benzene rings is 1. The molecular weight excluding hydrogens is 515 g/mol. The molecule has 9 nitrogen and oxygen atoms in total. The van der Waals surface area contributed by atoms with Gasteiger partial charge in [-0.15, -0.1) is 0 Å². The molecule has 0 spiro atoms. The summed E-state index contributed by atoms with van der Waals surface area (Å²) in [6.07, 6.45) is 1.57. The maximum atomic E-state index is 11.6. The van der Waals surface area contributed by atoms with Crippen LogP contribution in [0.5, 0.6) is 11.5 Å². The van der Waals surface area contributed by atoms with Crippen molar-refractivity contribution in [3.05, 3.63) is 44.2 Å². The van der Waals surface area contributed by atoms with Crippen LogP contribution >= 0.6 is 22.6 Å². The zero-order valence-corrected chi connectivity index (χ0v) is 19.8. The van der Waals surface area contributed by atoms with Gasteiger partial charge in [0.1, 0.15) is 11.6 Å². The van der Waals surface area contributed by atoms with Gasteiger partial charge in [0.25, 0.3) is 0 Å². The number of hydrazone groups is 1. The zero-order chi connectivity index (χ0) is 22.8. The molecule has 0 aliphatic rings. The Labute approximate surface area is 194 Å². The molecule has 0 aliphatic heterocycles. The lowest BCUT2D eigenvalue weighted by Gasteiger charge is -2.13. The molecule has 2 aromatic rings. The molecule has 1 heterocycles. The van der Waals surface area contributed by atoms with E-state index in [0.29, 0.717) is 29.5 Å². The van der Waals surface area contributed by atoms with Gasteiger partial charge in [0.2, 0.25) is 0 Å². The molecule has 0 amide bonds. The van der Waals surface area contributed by atoms with Crippen molar-refractivity contribution in [1.29, 1.82) is 5.26 Å². The van der Waals surface area contributed by atoms with Gasteiger partial charge in [-0.3, -0.25) is 5.43 Å². The second-order valence-corrected chi connectivity index (χ2v) is 7.35. The number of nitrogens with one attached hydrogen (secondary N) is 1. The predicted octanol–water partition coefficient (Wildman–Crippen LogP) is 3.41. The molecule has 2 rings (SSSR count). The highest BCUT2D eigenvalue weighted by Crippen LogP contribution is 2.33. The molecule has 0 atom stereocenters. The van der Waals surface area contributed by atoms with E-state index in [9.17, 15) is 10.1 Å². The van der Waals surface area contributed by atoms with Crippen LogP contribution < -0.4 is 14.9 Å². The van der Waals surface area contributed by atoms with Gasteiger partial charge in [0.15, 0.2) is 23.9 Å². The number of nitriles is 1. The number of pyridine rings is 1. The number of aryl methyl sites for hydroxylation is 1. The Balaban J connectivity index is 2.21. The number of hydrogen-bond donors (Lipinski definition) is 1. The Kier molecular flexibility index (Phi) is 9.48. The number of rotatable bonds is 10. The van der Waals surface area contributed by atoms with Gasteiger partial charge in [-0.2, -0.15) is 10.4 Å². The largest absolute Gasteiger partial charge is 0.493 e. The molecule has 0 bridgehead atoms. The normalized spacial score (nSPS) is 10.6. The molecule has 1 N–H and O–H groups in total. The van der Waals surface area contributed by atoms with Crippen molar-refractivity contribution < 1.29 is 23.7 Å². The Morgan fingerprint density at radius 1 is 1.35 bits per heavy atom. The van der Waals surface area contributed by atoms with E-state index in [4.69, 9.17) is 18.9 Å². The first-order chi connectivity index (χ1) is 14.9. The van der Waals surface area contributed by atoms with Gasteiger partial charge < -0.3 is 18.9 Å². The molecule has 0 unspecified atom stereocenters. The van der Waals surface area contributed by atoms with Crippen molar-refractivity contribution in [3.8, 4) is 17.6 Å². The first-order valence-electron chi connectivity index (χ1n) is 9.28. The van der Waals surface area contributed by atoms with Gasteiger partial charge in [-0.05, 0) is 60.2 Å². The molecule has 1 aromatic carbocycles. The van der Waals surface area contributed by atoms with Crippen molar-refractivity contribution >= 4 is 40.6 Å². The smallest absolute Gasteiger partial charge is 0.344 e. The molecule has 0 fully saturated rings. The van der Waals surface area contributed by atoms with Gasteiger partial charge in [0, 0.05) is 18.4 Å². The van der Waals surface area contributed by atoms with E-state index in [0.717, 1.165) is 20.4 Å². The summed E-state index contributed by atoms with van der Waals surface area (Å²) < 4.78 is 21.7. The highest BCUT2D eigenvalue weighted by atomic mass is 127. The van der Waals surface area contributed by atoms with Crippen LogP contribution in [0.1, 0.15) is 29.3 Å². The van der Waals surface area contributed by atoms with Crippen LogP contribution in [0.4, 0.5) is 5.82 Å². The molecule has 0 radical (unpaired) electrons. The van der Waals surface area contributed by atoms with E-state index in [1.165, 1.54) is 7.11 Å². The second kappa shape index (κ2) is 12.1. The average Bonchev–Trinajstić information content (AvgIpc) is 2.73. The van der Waals surface area contributed by atoms with Gasteiger partial charge in [-0.25, -0.2) is 9.78 Å². The van der Waals surface area contributed by atoms with E-state index in [1.807, 2.05) is 13.0 Å². The maximum Gasteiger partial charge on any atom is 0.344 e. The number of anilines is 1. The van der Waals surface area contributed by atoms with E-state index in [-0.39, 0.29) is 13.2 Å². The summed E-state index contributed by atoms with van der Waals surface area (Å²) in [6, 6.07) is 7.48. The van der Waals surface area contributed by atoms with Crippen LogP contribution in [0.2, 0.25) is 0 Å². The molecule has 0 saturated heterocycles. The summed E-state index contributed by atoms with van der Waals surface area (Å²) >= 11 is 2.09. The van der Waals surface area contributed by atoms with Crippen LogP contribution in [-0.4, -0.2) is 44.6 Å². The number of nitrogens with zero attached hydrogens (tertiary/aromatic N) is 3. The Morgan fingerprint density at radius 2 is 2.13 bits per heavy atom. The number of halogens is 1. The minimum absolute atomic E-state index is 0.213. The van der Waals surface area contributed by atoms with Crippen molar-refractivity contribution in [1.82, 2.24) is 4.98 Å². The molecule has 10 heteroatoms. The highest BCUT2D eigenvalue weighted by Gasteiger charge is 2.14. The monoisotopic (exact) mass is 538 g/mol. The average molecular weight is 538 g/mol. The predicted molar refractivity (Wildman–Crippen MR) is 123 cm³/mol. The van der Waals surface area contributed by atoms with Gasteiger partial charge in [-0.1, -0.05) is 0 Å². The lowest BCUT2D eigenvalue weighted by atomic mass is 10.1. The summed E-state index contributed by atoms with van der Waals surface area (Å²) in [6.45, 7) is 3.93. The van der Waals surface area contributed by atoms with Crippen molar-refractivity contribution in [3.63, 3.8) is 0 Å². The van der Waals surface area contributed by atoms with Crippen LogP contribution in [-0.2, 0) is 20.9 Å². The van der Waals surface area contributed by atoms with Crippen LogP contribution in [0, 0.1) is 21.8 Å². The molecule has 164 valence electrons. The fraction of sp³-hybridized carbons (Fsp3) is 0.333. The molecular formula is C21H23IN4O5. The number of aromatic nitrogens is 1. The minimum atomic E-state index is -0.456. The second-order valence-electron chi connectivity index (χ2n) is 6.19. The van der Waals surface area contributed by atoms with E-state index in [2.05, 4.69) is 44.2 Å². The Morgan fingerprint density at radius 3 is 2.77 bits per heavy atom. The summed E-state index contributed by atoms with van der Waals surface area (Å²) in [5, 5.41) is 13.7. The molecule has 0 aliphatic carbocycles. The number of ether oxygens (including phenoxy) is 4. The minimum Gasteiger partial charge on any atom is -0.493 e. The Hall–Kier alpha value is -2.91. The number of carbonyl (C=O) groups is 1.